The van der Waals surface area contributed by atoms with E-state index in [9.17, 15) is 5.11 Å². The van der Waals surface area contributed by atoms with Gasteiger partial charge in [-0.15, -0.1) is 11.8 Å². The molecule has 3 N–H and O–H groups in total. The molecule has 1 unspecified atom stereocenters. The summed E-state index contributed by atoms with van der Waals surface area (Å²) in [7, 11) is 1.91. The van der Waals surface area contributed by atoms with E-state index in [-0.39, 0.29) is 6.54 Å². The number of aromatic nitrogens is 1. The summed E-state index contributed by atoms with van der Waals surface area (Å²) < 4.78 is 1.91. The smallest absolute Gasteiger partial charge is 0.107 e. The van der Waals surface area contributed by atoms with Crippen LogP contribution in [0.25, 0.3) is 0 Å². The van der Waals surface area contributed by atoms with E-state index in [1.165, 1.54) is 0 Å². The predicted molar refractivity (Wildman–Crippen MR) is 51.2 cm³/mol. The molecule has 0 saturated carbocycles. The quantitative estimate of drug-likeness (QED) is 0.685. The normalized spacial score (nSPS) is 13.3. The summed E-state index contributed by atoms with van der Waals surface area (Å²) in [6, 6.07) is 1.98. The van der Waals surface area contributed by atoms with Crippen LogP contribution in [-0.2, 0) is 7.05 Å². The summed E-state index contributed by atoms with van der Waals surface area (Å²) in [5.74, 6) is 0. The topological polar surface area (TPSA) is 51.2 Å². The first-order valence-electron chi connectivity index (χ1n) is 3.78. The minimum Gasteiger partial charge on any atom is -0.386 e. The lowest BCUT2D eigenvalue weighted by Crippen LogP contribution is -2.15. The van der Waals surface area contributed by atoms with Gasteiger partial charge in [-0.25, -0.2) is 0 Å². The maximum Gasteiger partial charge on any atom is 0.107 e. The van der Waals surface area contributed by atoms with E-state index in [0.29, 0.717) is 0 Å². The number of hydrogen-bond acceptors (Lipinski definition) is 3. The van der Waals surface area contributed by atoms with Gasteiger partial charge in [0.1, 0.15) is 6.10 Å². The maximum absolute atomic E-state index is 9.55. The molecule has 1 atom stereocenters. The average molecular weight is 186 g/mol. The fraction of sp³-hybridized carbons (Fsp3) is 0.500. The van der Waals surface area contributed by atoms with Gasteiger partial charge in [0.05, 0.1) is 5.69 Å². The minimum absolute atomic E-state index is 0.269. The van der Waals surface area contributed by atoms with E-state index < -0.39 is 6.10 Å². The predicted octanol–water partition coefficient (Wildman–Crippen LogP) is 0.739. The number of aliphatic hydroxyl groups is 1. The first-order chi connectivity index (χ1) is 5.70. The molecule has 0 aromatic carbocycles. The van der Waals surface area contributed by atoms with Gasteiger partial charge in [-0.05, 0) is 12.3 Å². The number of rotatable bonds is 3. The van der Waals surface area contributed by atoms with Crippen LogP contribution in [-0.4, -0.2) is 22.5 Å². The van der Waals surface area contributed by atoms with Crippen LogP contribution in [0.5, 0.6) is 0 Å². The third-order valence-electron chi connectivity index (χ3n) is 1.84. The highest BCUT2D eigenvalue weighted by Crippen LogP contribution is 2.25. The van der Waals surface area contributed by atoms with Crippen molar-refractivity contribution in [1.82, 2.24) is 4.57 Å². The second-order valence-electron chi connectivity index (χ2n) is 2.63. The Kier molecular flexibility index (Phi) is 3.20. The molecule has 0 amide bonds. The van der Waals surface area contributed by atoms with Crippen molar-refractivity contribution in [2.75, 3.05) is 12.8 Å². The van der Waals surface area contributed by atoms with Crippen LogP contribution in [0.1, 0.15) is 11.8 Å². The zero-order chi connectivity index (χ0) is 9.14. The van der Waals surface area contributed by atoms with Crippen molar-refractivity contribution in [3.05, 3.63) is 18.0 Å². The maximum atomic E-state index is 9.55. The zero-order valence-corrected chi connectivity index (χ0v) is 8.14. The molecule has 0 aliphatic rings. The molecule has 0 fully saturated rings. The molecule has 0 aliphatic carbocycles. The van der Waals surface area contributed by atoms with Gasteiger partial charge in [0, 0.05) is 24.7 Å². The lowest BCUT2D eigenvalue weighted by atomic mass is 10.2. The number of aliphatic hydroxyl groups excluding tert-OH is 1. The molecule has 4 heteroatoms. The second-order valence-corrected chi connectivity index (χ2v) is 3.48. The Morgan fingerprint density at radius 1 is 1.75 bits per heavy atom. The van der Waals surface area contributed by atoms with Crippen LogP contribution in [0.4, 0.5) is 0 Å². The van der Waals surface area contributed by atoms with Crippen LogP contribution in [0.2, 0.25) is 0 Å². The van der Waals surface area contributed by atoms with Gasteiger partial charge in [0.15, 0.2) is 0 Å². The number of nitrogens with zero attached hydrogens (tertiary/aromatic N) is 1. The summed E-state index contributed by atoms with van der Waals surface area (Å²) in [5.41, 5.74) is 6.29. The number of hydrogen-bond donors (Lipinski definition) is 2. The van der Waals surface area contributed by atoms with Crippen molar-refractivity contribution >= 4 is 11.8 Å². The van der Waals surface area contributed by atoms with Crippen LogP contribution in [0, 0.1) is 0 Å². The lowest BCUT2D eigenvalue weighted by molar-refractivity contribution is 0.175. The van der Waals surface area contributed by atoms with Crippen molar-refractivity contribution in [2.45, 2.75) is 11.0 Å². The van der Waals surface area contributed by atoms with E-state index in [1.54, 1.807) is 11.8 Å². The van der Waals surface area contributed by atoms with Crippen molar-refractivity contribution in [3.63, 3.8) is 0 Å². The largest absolute Gasteiger partial charge is 0.386 e. The van der Waals surface area contributed by atoms with Gasteiger partial charge in [-0.1, -0.05) is 0 Å². The molecule has 1 heterocycles. The van der Waals surface area contributed by atoms with E-state index in [1.807, 2.05) is 30.1 Å². The van der Waals surface area contributed by atoms with Crippen molar-refractivity contribution in [1.29, 1.82) is 0 Å². The minimum atomic E-state index is -0.549. The molecule has 0 aliphatic heterocycles. The summed E-state index contributed by atoms with van der Waals surface area (Å²) in [6.07, 6.45) is 3.37. The molecule has 0 saturated heterocycles. The van der Waals surface area contributed by atoms with E-state index in [0.717, 1.165) is 10.6 Å². The Bertz CT molecular complexity index is 260. The summed E-state index contributed by atoms with van der Waals surface area (Å²) in [6.45, 7) is 0.269. The zero-order valence-electron chi connectivity index (χ0n) is 7.32. The SMILES string of the molecule is CSc1ccn(C)c1C(O)CN. The highest BCUT2D eigenvalue weighted by Gasteiger charge is 2.13. The molecule has 1 rings (SSSR count). The van der Waals surface area contributed by atoms with Crippen molar-refractivity contribution in [3.8, 4) is 0 Å². The highest BCUT2D eigenvalue weighted by atomic mass is 32.2. The van der Waals surface area contributed by atoms with E-state index >= 15 is 0 Å². The molecule has 12 heavy (non-hydrogen) atoms. The fourth-order valence-corrected chi connectivity index (χ4v) is 1.89. The van der Waals surface area contributed by atoms with E-state index in [4.69, 9.17) is 5.73 Å². The third-order valence-corrected chi connectivity index (χ3v) is 2.63. The van der Waals surface area contributed by atoms with Gasteiger partial charge >= 0.3 is 0 Å². The molecule has 0 radical (unpaired) electrons. The Hall–Kier alpha value is -0.450. The molecular formula is C8H14N2OS. The first kappa shape index (κ1) is 9.64. The molecule has 1 aromatic rings. The third kappa shape index (κ3) is 1.65. The summed E-state index contributed by atoms with van der Waals surface area (Å²) in [5, 5.41) is 9.55. The van der Waals surface area contributed by atoms with Crippen LogP contribution >= 0.6 is 11.8 Å². The molecular weight excluding hydrogens is 172 g/mol. The lowest BCUT2D eigenvalue weighted by Gasteiger charge is -2.11. The molecule has 3 nitrogen and oxygen atoms in total. The average Bonchev–Trinajstić information content (AvgIpc) is 2.45. The molecule has 0 spiro atoms. The van der Waals surface area contributed by atoms with E-state index in [2.05, 4.69) is 0 Å². The Morgan fingerprint density at radius 2 is 2.42 bits per heavy atom. The fourth-order valence-electron chi connectivity index (χ4n) is 1.20. The van der Waals surface area contributed by atoms with Gasteiger partial charge in [-0.3, -0.25) is 0 Å². The molecule has 1 aromatic heterocycles. The number of nitrogens with two attached hydrogens (primary N) is 1. The van der Waals surface area contributed by atoms with Gasteiger partial charge < -0.3 is 15.4 Å². The molecule has 0 bridgehead atoms. The van der Waals surface area contributed by atoms with Gasteiger partial charge in [-0.2, -0.15) is 0 Å². The first-order valence-corrected chi connectivity index (χ1v) is 5.00. The van der Waals surface area contributed by atoms with Crippen LogP contribution in [0.3, 0.4) is 0 Å². The Morgan fingerprint density at radius 3 is 2.92 bits per heavy atom. The second kappa shape index (κ2) is 3.98. The standard InChI is InChI=1S/C8H14N2OS/c1-10-4-3-7(12-2)8(10)6(11)5-9/h3-4,6,11H,5,9H2,1-2H3. The monoisotopic (exact) mass is 186 g/mol. The number of aryl methyl sites for hydroxylation is 1. The van der Waals surface area contributed by atoms with Crippen LogP contribution in [0.15, 0.2) is 17.2 Å². The summed E-state index contributed by atoms with van der Waals surface area (Å²) in [4.78, 5) is 1.09. The Labute approximate surface area is 76.6 Å². The van der Waals surface area contributed by atoms with Crippen molar-refractivity contribution < 1.29 is 5.11 Å². The van der Waals surface area contributed by atoms with Gasteiger partial charge in [0.25, 0.3) is 0 Å². The van der Waals surface area contributed by atoms with Crippen molar-refractivity contribution in [2.24, 2.45) is 12.8 Å². The molecule has 68 valence electrons. The van der Waals surface area contributed by atoms with Gasteiger partial charge in [0.2, 0.25) is 0 Å². The summed E-state index contributed by atoms with van der Waals surface area (Å²) >= 11 is 1.62. The highest BCUT2D eigenvalue weighted by molar-refractivity contribution is 7.98. The number of thioether (sulfide) groups is 1. The van der Waals surface area contributed by atoms with Crippen LogP contribution < -0.4 is 5.73 Å². The Balaban J connectivity index is 3.01.